The third kappa shape index (κ3) is 3.93. The summed E-state index contributed by atoms with van der Waals surface area (Å²) in [6.45, 7) is 2.59. The molecule has 2 N–H and O–H groups in total. The van der Waals surface area contributed by atoms with Crippen molar-refractivity contribution in [3.05, 3.63) is 0 Å². The number of hydrogen-bond donors (Lipinski definition) is 2. The second-order valence-corrected chi connectivity index (χ2v) is 5.66. The molecule has 0 aromatic heterocycles. The third-order valence-corrected chi connectivity index (χ3v) is 4.25. The molecule has 0 spiro atoms. The molecular weight excluding hydrogens is 244 g/mol. The lowest BCUT2D eigenvalue weighted by Gasteiger charge is -2.38. The van der Waals surface area contributed by atoms with Crippen LogP contribution in [0.25, 0.3) is 0 Å². The molecule has 5 heteroatoms. The van der Waals surface area contributed by atoms with Gasteiger partial charge in [0, 0.05) is 25.6 Å². The van der Waals surface area contributed by atoms with Crippen molar-refractivity contribution in [2.24, 2.45) is 5.92 Å². The van der Waals surface area contributed by atoms with Crippen LogP contribution in [0.3, 0.4) is 0 Å². The Bertz CT molecular complexity index is 327. The van der Waals surface area contributed by atoms with Crippen LogP contribution in [0, 0.1) is 5.92 Å². The number of carbonyl (C=O) groups excluding carboxylic acids is 1. The highest BCUT2D eigenvalue weighted by Crippen LogP contribution is 2.24. The number of carboxylic acids is 1. The molecule has 2 rings (SSSR count). The Balaban J connectivity index is 1.93. The van der Waals surface area contributed by atoms with Gasteiger partial charge in [0.2, 0.25) is 5.91 Å². The van der Waals surface area contributed by atoms with Crippen LogP contribution in [0.5, 0.6) is 0 Å². The van der Waals surface area contributed by atoms with E-state index < -0.39 is 5.97 Å². The number of carbonyl (C=O) groups is 2. The van der Waals surface area contributed by atoms with Crippen molar-refractivity contribution in [1.82, 2.24) is 10.2 Å². The first-order valence-corrected chi connectivity index (χ1v) is 7.41. The van der Waals surface area contributed by atoms with Gasteiger partial charge in [-0.15, -0.1) is 0 Å². The normalized spacial score (nSPS) is 28.1. The van der Waals surface area contributed by atoms with E-state index >= 15 is 0 Å². The lowest BCUT2D eigenvalue weighted by Crippen LogP contribution is -2.49. The Morgan fingerprint density at radius 3 is 2.74 bits per heavy atom. The van der Waals surface area contributed by atoms with E-state index in [1.807, 2.05) is 4.90 Å². The predicted molar refractivity (Wildman–Crippen MR) is 71.8 cm³/mol. The van der Waals surface area contributed by atoms with E-state index in [0.29, 0.717) is 6.42 Å². The number of amides is 1. The van der Waals surface area contributed by atoms with Gasteiger partial charge in [-0.05, 0) is 45.1 Å². The highest BCUT2D eigenvalue weighted by molar-refractivity contribution is 5.79. The minimum atomic E-state index is -0.766. The summed E-state index contributed by atoms with van der Waals surface area (Å²) < 4.78 is 0. The number of hydrogen-bond acceptors (Lipinski definition) is 3. The van der Waals surface area contributed by atoms with Gasteiger partial charge in [-0.25, -0.2) is 0 Å². The summed E-state index contributed by atoms with van der Waals surface area (Å²) in [5.74, 6) is -0.432. The Morgan fingerprint density at radius 1 is 1.21 bits per heavy atom. The fraction of sp³-hybridized carbons (Fsp3) is 0.857. The van der Waals surface area contributed by atoms with Crippen LogP contribution in [-0.4, -0.2) is 47.6 Å². The highest BCUT2D eigenvalue weighted by atomic mass is 16.4. The van der Waals surface area contributed by atoms with Crippen molar-refractivity contribution in [1.29, 1.82) is 0 Å². The standard InChI is InChI=1S/C14H24N2O3/c17-13(18)7-6-12-5-1-2-9-16(12)14(19)11-4-3-8-15-10-11/h11-12,15H,1-10H2,(H,17,18). The van der Waals surface area contributed by atoms with Gasteiger partial charge in [-0.1, -0.05) is 0 Å². The minimum absolute atomic E-state index is 0.0965. The molecule has 2 atom stereocenters. The van der Waals surface area contributed by atoms with Crippen molar-refractivity contribution < 1.29 is 14.7 Å². The number of carboxylic acid groups (broad SMARTS) is 1. The molecule has 2 unspecified atom stereocenters. The molecule has 1 amide bonds. The van der Waals surface area contributed by atoms with E-state index in [1.54, 1.807) is 0 Å². The van der Waals surface area contributed by atoms with Crippen LogP contribution < -0.4 is 5.32 Å². The molecular formula is C14H24N2O3. The second-order valence-electron chi connectivity index (χ2n) is 5.66. The topological polar surface area (TPSA) is 69.6 Å². The molecule has 2 aliphatic rings. The molecule has 108 valence electrons. The van der Waals surface area contributed by atoms with Crippen LogP contribution in [0.15, 0.2) is 0 Å². The minimum Gasteiger partial charge on any atom is -0.481 e. The predicted octanol–water partition coefficient (Wildman–Crippen LogP) is 1.23. The van der Waals surface area contributed by atoms with Gasteiger partial charge in [0.15, 0.2) is 0 Å². The molecule has 0 aliphatic carbocycles. The maximum absolute atomic E-state index is 12.5. The maximum Gasteiger partial charge on any atom is 0.303 e. The zero-order valence-electron chi connectivity index (χ0n) is 11.4. The molecule has 0 saturated carbocycles. The molecule has 19 heavy (non-hydrogen) atoms. The van der Waals surface area contributed by atoms with Crippen molar-refractivity contribution >= 4 is 11.9 Å². The molecule has 2 heterocycles. The zero-order chi connectivity index (χ0) is 13.7. The molecule has 2 saturated heterocycles. The quantitative estimate of drug-likeness (QED) is 0.804. The molecule has 2 fully saturated rings. The van der Waals surface area contributed by atoms with Crippen molar-refractivity contribution in [2.45, 2.75) is 51.0 Å². The van der Waals surface area contributed by atoms with Crippen molar-refractivity contribution in [2.75, 3.05) is 19.6 Å². The smallest absolute Gasteiger partial charge is 0.303 e. The highest BCUT2D eigenvalue weighted by Gasteiger charge is 2.32. The fourth-order valence-corrected chi connectivity index (χ4v) is 3.18. The van der Waals surface area contributed by atoms with E-state index in [9.17, 15) is 9.59 Å². The van der Waals surface area contributed by atoms with Crippen molar-refractivity contribution in [3.63, 3.8) is 0 Å². The second kappa shape index (κ2) is 6.89. The molecule has 0 bridgehead atoms. The lowest BCUT2D eigenvalue weighted by atomic mass is 9.93. The Morgan fingerprint density at radius 2 is 2.05 bits per heavy atom. The summed E-state index contributed by atoms with van der Waals surface area (Å²) in [5, 5.41) is 12.1. The monoisotopic (exact) mass is 268 g/mol. The number of rotatable bonds is 4. The molecule has 0 aromatic rings. The number of likely N-dealkylation sites (tertiary alicyclic amines) is 1. The molecule has 2 aliphatic heterocycles. The van der Waals surface area contributed by atoms with Gasteiger partial charge in [0.1, 0.15) is 0 Å². The summed E-state index contributed by atoms with van der Waals surface area (Å²) in [7, 11) is 0. The Hall–Kier alpha value is -1.10. The van der Waals surface area contributed by atoms with Crippen molar-refractivity contribution in [3.8, 4) is 0 Å². The van der Waals surface area contributed by atoms with Crippen LogP contribution in [-0.2, 0) is 9.59 Å². The van der Waals surface area contributed by atoms with Crippen LogP contribution in [0.2, 0.25) is 0 Å². The summed E-state index contributed by atoms with van der Waals surface area (Å²) in [4.78, 5) is 25.2. The lowest BCUT2D eigenvalue weighted by molar-refractivity contribution is -0.142. The maximum atomic E-state index is 12.5. The molecule has 0 radical (unpaired) electrons. The average molecular weight is 268 g/mol. The van der Waals surface area contributed by atoms with Crippen LogP contribution >= 0.6 is 0 Å². The number of aliphatic carboxylic acids is 1. The van der Waals surface area contributed by atoms with E-state index in [2.05, 4.69) is 5.32 Å². The summed E-state index contributed by atoms with van der Waals surface area (Å²) >= 11 is 0. The largest absolute Gasteiger partial charge is 0.481 e. The van der Waals surface area contributed by atoms with Crippen LogP contribution in [0.4, 0.5) is 0 Å². The van der Waals surface area contributed by atoms with Gasteiger partial charge < -0.3 is 15.3 Å². The first-order chi connectivity index (χ1) is 9.18. The Kier molecular flexibility index (Phi) is 5.19. The molecule has 0 aromatic carbocycles. The van der Waals surface area contributed by atoms with Gasteiger partial charge in [0.05, 0.1) is 5.92 Å². The Labute approximate surface area is 114 Å². The number of piperidine rings is 2. The number of nitrogens with one attached hydrogen (secondary N) is 1. The summed E-state index contributed by atoms with van der Waals surface area (Å²) in [6.07, 6.45) is 5.90. The van der Waals surface area contributed by atoms with E-state index in [4.69, 9.17) is 5.11 Å². The third-order valence-electron chi connectivity index (χ3n) is 4.25. The summed E-state index contributed by atoms with van der Waals surface area (Å²) in [6, 6.07) is 0.138. The zero-order valence-corrected chi connectivity index (χ0v) is 11.4. The van der Waals surface area contributed by atoms with E-state index in [1.165, 1.54) is 0 Å². The number of nitrogens with zero attached hydrogens (tertiary/aromatic N) is 1. The van der Waals surface area contributed by atoms with Gasteiger partial charge >= 0.3 is 5.97 Å². The molecule has 5 nitrogen and oxygen atoms in total. The van der Waals surface area contributed by atoms with Gasteiger partial charge in [-0.2, -0.15) is 0 Å². The van der Waals surface area contributed by atoms with Gasteiger partial charge in [-0.3, -0.25) is 9.59 Å². The SMILES string of the molecule is O=C(O)CCC1CCCCN1C(=O)C1CCCNC1. The first-order valence-electron chi connectivity index (χ1n) is 7.41. The average Bonchev–Trinajstić information content (AvgIpc) is 2.45. The van der Waals surface area contributed by atoms with E-state index in [0.717, 1.165) is 51.7 Å². The first kappa shape index (κ1) is 14.3. The van der Waals surface area contributed by atoms with E-state index in [-0.39, 0.29) is 24.3 Å². The van der Waals surface area contributed by atoms with Crippen LogP contribution in [0.1, 0.15) is 44.9 Å². The summed E-state index contributed by atoms with van der Waals surface area (Å²) in [5.41, 5.74) is 0. The fourth-order valence-electron chi connectivity index (χ4n) is 3.18. The van der Waals surface area contributed by atoms with Gasteiger partial charge in [0.25, 0.3) is 0 Å².